The molecule has 8 heteroatoms. The van der Waals surface area contributed by atoms with Crippen LogP contribution in [0.15, 0.2) is 60.7 Å². The maximum absolute atomic E-state index is 13.3. The second-order valence-corrected chi connectivity index (χ2v) is 7.95. The Morgan fingerprint density at radius 1 is 1.17 bits per heavy atom. The van der Waals surface area contributed by atoms with Gasteiger partial charge < -0.3 is 11.1 Å². The minimum atomic E-state index is -0.820. The molecule has 0 bridgehead atoms. The van der Waals surface area contributed by atoms with Crippen molar-refractivity contribution in [3.63, 3.8) is 0 Å². The van der Waals surface area contributed by atoms with E-state index in [4.69, 9.17) is 5.73 Å². The molecule has 0 spiro atoms. The van der Waals surface area contributed by atoms with Gasteiger partial charge in [0.15, 0.2) is 0 Å². The van der Waals surface area contributed by atoms with Crippen molar-refractivity contribution in [3.05, 3.63) is 82.6 Å². The number of nitrogens with two attached hydrogens (primary N) is 1. The lowest BCUT2D eigenvalue weighted by Gasteiger charge is -2.15. The number of fused-ring (bicyclic) bond motifs is 1. The van der Waals surface area contributed by atoms with Crippen molar-refractivity contribution in [2.45, 2.75) is 19.4 Å². The highest BCUT2D eigenvalue weighted by molar-refractivity contribution is 7.20. The highest BCUT2D eigenvalue weighted by Gasteiger charge is 2.22. The minimum absolute atomic E-state index is 0.315. The van der Waals surface area contributed by atoms with Gasteiger partial charge in [-0.1, -0.05) is 30.3 Å². The van der Waals surface area contributed by atoms with Gasteiger partial charge in [0.05, 0.1) is 16.3 Å². The Bertz CT molecular complexity index is 1220. The zero-order valence-corrected chi connectivity index (χ0v) is 16.9. The lowest BCUT2D eigenvalue weighted by Crippen LogP contribution is -2.45. The minimum Gasteiger partial charge on any atom is -0.368 e. The predicted molar refractivity (Wildman–Crippen MR) is 114 cm³/mol. The van der Waals surface area contributed by atoms with Crippen molar-refractivity contribution in [3.8, 4) is 5.69 Å². The van der Waals surface area contributed by atoms with Crippen LogP contribution in [0.5, 0.6) is 0 Å². The summed E-state index contributed by atoms with van der Waals surface area (Å²) in [5, 5.41) is 8.06. The van der Waals surface area contributed by atoms with Gasteiger partial charge in [-0.3, -0.25) is 9.59 Å². The summed E-state index contributed by atoms with van der Waals surface area (Å²) in [7, 11) is 0. The molecule has 3 N–H and O–H groups in total. The molecule has 0 saturated carbocycles. The molecule has 4 aromatic rings. The number of amides is 2. The number of carbonyl (C=O) groups excluding carboxylic acids is 2. The van der Waals surface area contributed by atoms with Crippen molar-refractivity contribution < 1.29 is 14.0 Å². The Kier molecular flexibility index (Phi) is 5.33. The molecule has 0 saturated heterocycles. The maximum atomic E-state index is 13.3. The van der Waals surface area contributed by atoms with Crippen LogP contribution in [0.2, 0.25) is 0 Å². The topological polar surface area (TPSA) is 90.0 Å². The molecule has 152 valence electrons. The first-order valence-corrected chi connectivity index (χ1v) is 10.1. The summed E-state index contributed by atoms with van der Waals surface area (Å²) < 4.78 is 14.9. The number of hydrogen-bond donors (Lipinski definition) is 2. The van der Waals surface area contributed by atoms with Gasteiger partial charge in [-0.2, -0.15) is 5.10 Å². The fraction of sp³-hybridized carbons (Fsp3) is 0.136. The van der Waals surface area contributed by atoms with Gasteiger partial charge in [0.1, 0.15) is 16.7 Å². The maximum Gasteiger partial charge on any atom is 0.262 e. The summed E-state index contributed by atoms with van der Waals surface area (Å²) in [5.74, 6) is -1.30. The standard InChI is InChI=1S/C22H19FN4O2S/c1-13-17-12-19(30-22(17)27(26-13)16-9-7-15(23)8-10-16)21(29)25-18(20(24)28)11-14-5-3-2-4-6-14/h2-10,12,18H,11H2,1H3,(H2,24,28)(H,25,29). The van der Waals surface area contributed by atoms with E-state index < -0.39 is 11.9 Å². The van der Waals surface area contributed by atoms with Crippen LogP contribution in [0.25, 0.3) is 15.9 Å². The number of hydrogen-bond acceptors (Lipinski definition) is 4. The van der Waals surface area contributed by atoms with E-state index >= 15 is 0 Å². The van der Waals surface area contributed by atoms with Crippen molar-refractivity contribution in [2.75, 3.05) is 0 Å². The number of nitrogens with zero attached hydrogens (tertiary/aromatic N) is 2. The first-order valence-electron chi connectivity index (χ1n) is 9.31. The SMILES string of the molecule is Cc1nn(-c2ccc(F)cc2)c2sc(C(=O)NC(Cc3ccccc3)C(N)=O)cc12. The van der Waals surface area contributed by atoms with E-state index in [0.29, 0.717) is 17.0 Å². The Morgan fingerprint density at radius 2 is 1.87 bits per heavy atom. The van der Waals surface area contributed by atoms with E-state index in [-0.39, 0.29) is 11.7 Å². The number of primary amides is 1. The van der Waals surface area contributed by atoms with E-state index in [1.165, 1.54) is 23.5 Å². The third kappa shape index (κ3) is 3.95. The molecule has 2 amide bonds. The average Bonchev–Trinajstić information content (AvgIpc) is 3.30. The lowest BCUT2D eigenvalue weighted by molar-refractivity contribution is -0.119. The third-order valence-electron chi connectivity index (χ3n) is 4.77. The molecule has 4 rings (SSSR count). The zero-order valence-electron chi connectivity index (χ0n) is 16.1. The molecule has 2 aromatic carbocycles. The Labute approximate surface area is 176 Å². The lowest BCUT2D eigenvalue weighted by atomic mass is 10.1. The van der Waals surface area contributed by atoms with Crippen LogP contribution < -0.4 is 11.1 Å². The molecule has 0 aliphatic carbocycles. The number of halogens is 1. The van der Waals surface area contributed by atoms with Crippen LogP contribution in [0.4, 0.5) is 4.39 Å². The smallest absolute Gasteiger partial charge is 0.262 e. The molecule has 2 heterocycles. The number of benzene rings is 2. The fourth-order valence-corrected chi connectivity index (χ4v) is 4.30. The largest absolute Gasteiger partial charge is 0.368 e. The zero-order chi connectivity index (χ0) is 21.3. The van der Waals surface area contributed by atoms with Gasteiger partial charge >= 0.3 is 0 Å². The molecule has 1 atom stereocenters. The molecular formula is C22H19FN4O2S. The normalized spacial score (nSPS) is 12.1. The molecule has 6 nitrogen and oxygen atoms in total. The highest BCUT2D eigenvalue weighted by atomic mass is 32.1. The Balaban J connectivity index is 1.61. The van der Waals surface area contributed by atoms with Gasteiger partial charge in [-0.25, -0.2) is 9.07 Å². The fourth-order valence-electron chi connectivity index (χ4n) is 3.22. The summed E-state index contributed by atoms with van der Waals surface area (Å²) in [6.45, 7) is 1.85. The predicted octanol–water partition coefficient (Wildman–Crippen LogP) is 3.36. The van der Waals surface area contributed by atoms with Crippen molar-refractivity contribution in [1.82, 2.24) is 15.1 Å². The van der Waals surface area contributed by atoms with Gasteiger partial charge in [0.2, 0.25) is 5.91 Å². The van der Waals surface area contributed by atoms with Gasteiger partial charge in [0, 0.05) is 11.8 Å². The number of aromatic nitrogens is 2. The van der Waals surface area contributed by atoms with Crippen LogP contribution in [0, 0.1) is 12.7 Å². The van der Waals surface area contributed by atoms with Crippen molar-refractivity contribution in [1.29, 1.82) is 0 Å². The van der Waals surface area contributed by atoms with Crippen LogP contribution in [0.3, 0.4) is 0 Å². The van der Waals surface area contributed by atoms with E-state index in [1.54, 1.807) is 22.9 Å². The molecule has 0 aliphatic rings. The van der Waals surface area contributed by atoms with E-state index in [2.05, 4.69) is 10.4 Å². The summed E-state index contributed by atoms with van der Waals surface area (Å²) in [6, 6.07) is 16.3. The second kappa shape index (κ2) is 8.08. The van der Waals surface area contributed by atoms with Crippen LogP contribution in [0.1, 0.15) is 20.9 Å². The van der Waals surface area contributed by atoms with Gasteiger partial charge in [-0.15, -0.1) is 11.3 Å². The van der Waals surface area contributed by atoms with E-state index in [9.17, 15) is 14.0 Å². The van der Waals surface area contributed by atoms with Crippen LogP contribution >= 0.6 is 11.3 Å². The number of nitrogens with one attached hydrogen (secondary N) is 1. The van der Waals surface area contributed by atoms with E-state index in [1.807, 2.05) is 37.3 Å². The quantitative estimate of drug-likeness (QED) is 0.499. The van der Waals surface area contributed by atoms with Crippen molar-refractivity contribution >= 4 is 33.4 Å². The monoisotopic (exact) mass is 422 g/mol. The first kappa shape index (κ1) is 19.8. The summed E-state index contributed by atoms with van der Waals surface area (Å²) in [4.78, 5) is 25.9. The Hall–Kier alpha value is -3.52. The number of carbonyl (C=O) groups is 2. The average molecular weight is 422 g/mol. The molecule has 1 unspecified atom stereocenters. The number of aryl methyl sites for hydroxylation is 1. The second-order valence-electron chi connectivity index (χ2n) is 6.92. The molecular weight excluding hydrogens is 403 g/mol. The van der Waals surface area contributed by atoms with E-state index in [0.717, 1.165) is 21.5 Å². The molecule has 0 fully saturated rings. The van der Waals surface area contributed by atoms with Gasteiger partial charge in [-0.05, 0) is 42.8 Å². The van der Waals surface area contributed by atoms with Crippen LogP contribution in [-0.2, 0) is 11.2 Å². The van der Waals surface area contributed by atoms with Crippen LogP contribution in [-0.4, -0.2) is 27.6 Å². The molecule has 2 aromatic heterocycles. The van der Waals surface area contributed by atoms with Gasteiger partial charge in [0.25, 0.3) is 5.91 Å². The Morgan fingerprint density at radius 3 is 2.53 bits per heavy atom. The first-order chi connectivity index (χ1) is 14.4. The highest BCUT2D eigenvalue weighted by Crippen LogP contribution is 2.30. The number of thiophene rings is 1. The molecule has 30 heavy (non-hydrogen) atoms. The third-order valence-corrected chi connectivity index (χ3v) is 5.88. The molecule has 0 aliphatic heterocycles. The summed E-state index contributed by atoms with van der Waals surface area (Å²) in [5.41, 5.74) is 7.86. The molecule has 0 radical (unpaired) electrons. The van der Waals surface area contributed by atoms with Crippen molar-refractivity contribution in [2.24, 2.45) is 5.73 Å². The number of rotatable bonds is 6. The summed E-state index contributed by atoms with van der Waals surface area (Å²) >= 11 is 1.25. The summed E-state index contributed by atoms with van der Waals surface area (Å²) in [6.07, 6.45) is 0.315.